The van der Waals surface area contributed by atoms with E-state index in [-0.39, 0.29) is 11.5 Å². The monoisotopic (exact) mass is 590 g/mol. The van der Waals surface area contributed by atoms with Crippen molar-refractivity contribution in [1.29, 1.82) is 0 Å². The number of hydrogen-bond acceptors (Lipinski definition) is 2. The first-order valence-corrected chi connectivity index (χ1v) is 15.9. The molecule has 2 heteroatoms. The van der Waals surface area contributed by atoms with Crippen molar-refractivity contribution in [2.75, 3.05) is 0 Å². The second-order valence-corrected chi connectivity index (χ2v) is 12.7. The lowest BCUT2D eigenvalue weighted by atomic mass is 9.81. The highest BCUT2D eigenvalue weighted by Crippen LogP contribution is 2.49. The van der Waals surface area contributed by atoms with Gasteiger partial charge in [0, 0.05) is 22.1 Å². The molecular weight excluding hydrogens is 556 g/mol. The van der Waals surface area contributed by atoms with Gasteiger partial charge in [0.25, 0.3) is 0 Å². The summed E-state index contributed by atoms with van der Waals surface area (Å²) in [6, 6.07) is 53.6. The second-order valence-electron chi connectivity index (χ2n) is 12.7. The Morgan fingerprint density at radius 2 is 1.07 bits per heavy atom. The van der Waals surface area contributed by atoms with Gasteiger partial charge < -0.3 is 0 Å². The summed E-state index contributed by atoms with van der Waals surface area (Å²) < 4.78 is 0. The Morgan fingerprint density at radius 1 is 0.500 bits per heavy atom. The Balaban J connectivity index is 1.17. The van der Waals surface area contributed by atoms with Crippen molar-refractivity contribution >= 4 is 11.5 Å². The van der Waals surface area contributed by atoms with Gasteiger partial charge in [-0.1, -0.05) is 166 Å². The van der Waals surface area contributed by atoms with Crippen LogP contribution in [-0.4, -0.2) is 11.5 Å². The largest absolute Gasteiger partial charge is 0.253 e. The molecule has 0 fully saturated rings. The fourth-order valence-electron chi connectivity index (χ4n) is 7.07. The molecule has 1 atom stereocenters. The van der Waals surface area contributed by atoms with Gasteiger partial charge in [-0.05, 0) is 56.1 Å². The maximum atomic E-state index is 5.16. The van der Waals surface area contributed by atoms with Crippen molar-refractivity contribution in [2.24, 2.45) is 9.98 Å². The van der Waals surface area contributed by atoms with Crippen LogP contribution >= 0.6 is 0 Å². The molecule has 8 rings (SSSR count). The lowest BCUT2D eigenvalue weighted by molar-refractivity contribution is 0.660. The van der Waals surface area contributed by atoms with Crippen LogP contribution < -0.4 is 0 Å². The first-order chi connectivity index (χ1) is 22.5. The minimum atomic E-state index is -0.213. The van der Waals surface area contributed by atoms with Gasteiger partial charge in [-0.25, -0.2) is 4.99 Å². The molecule has 0 bridgehead atoms. The molecule has 6 aromatic rings. The highest BCUT2D eigenvalue weighted by Gasteiger charge is 2.35. The lowest BCUT2D eigenvalue weighted by Gasteiger charge is -2.25. The number of hydrogen-bond donors (Lipinski definition) is 0. The molecule has 6 aromatic carbocycles. The zero-order chi connectivity index (χ0) is 31.3. The number of benzene rings is 6. The molecule has 46 heavy (non-hydrogen) atoms. The maximum absolute atomic E-state index is 5.16. The van der Waals surface area contributed by atoms with Crippen LogP contribution in [0.3, 0.4) is 0 Å². The van der Waals surface area contributed by atoms with Gasteiger partial charge in [-0.2, -0.15) is 0 Å². The van der Waals surface area contributed by atoms with Crippen molar-refractivity contribution in [1.82, 2.24) is 0 Å². The average molecular weight is 591 g/mol. The summed E-state index contributed by atoms with van der Waals surface area (Å²) in [5.41, 5.74) is 15.1. The first kappa shape index (κ1) is 27.9. The van der Waals surface area contributed by atoms with E-state index in [0.29, 0.717) is 0 Å². The summed E-state index contributed by atoms with van der Waals surface area (Å²) in [6.07, 6.45) is 0. The zero-order valence-electron chi connectivity index (χ0n) is 26.1. The van der Waals surface area contributed by atoms with E-state index in [9.17, 15) is 0 Å². The Hall–Kier alpha value is -5.60. The van der Waals surface area contributed by atoms with E-state index in [1.54, 1.807) is 0 Å². The molecule has 220 valence electrons. The molecule has 0 aromatic heterocycles. The van der Waals surface area contributed by atoms with Gasteiger partial charge in [0.15, 0.2) is 5.84 Å². The molecular formula is C44H34N2. The topological polar surface area (TPSA) is 24.7 Å². The molecule has 0 spiro atoms. The van der Waals surface area contributed by atoms with Gasteiger partial charge in [0.05, 0.1) is 5.71 Å². The number of rotatable bonds is 5. The van der Waals surface area contributed by atoms with E-state index >= 15 is 0 Å². The molecule has 1 unspecified atom stereocenters. The van der Waals surface area contributed by atoms with Crippen LogP contribution in [0.15, 0.2) is 174 Å². The Morgan fingerprint density at radius 3 is 1.80 bits per heavy atom. The van der Waals surface area contributed by atoms with Crippen molar-refractivity contribution in [2.45, 2.75) is 25.3 Å². The van der Waals surface area contributed by atoms with E-state index < -0.39 is 0 Å². The van der Waals surface area contributed by atoms with Gasteiger partial charge >= 0.3 is 0 Å². The number of fused-ring (bicyclic) bond motifs is 3. The maximum Gasteiger partial charge on any atom is 0.156 e. The fraction of sp³-hybridized carbons (Fsp3) is 0.0909. The van der Waals surface area contributed by atoms with Crippen LogP contribution in [-0.2, 0) is 5.41 Å². The first-order valence-electron chi connectivity index (χ1n) is 15.9. The summed E-state index contributed by atoms with van der Waals surface area (Å²) in [7, 11) is 0. The normalized spacial score (nSPS) is 16.3. The van der Waals surface area contributed by atoms with E-state index in [2.05, 4.69) is 148 Å². The van der Waals surface area contributed by atoms with Crippen molar-refractivity contribution in [3.63, 3.8) is 0 Å². The molecule has 0 saturated carbocycles. The van der Waals surface area contributed by atoms with Gasteiger partial charge in [0.1, 0.15) is 6.04 Å². The number of aliphatic imine (C=N–C) groups is 2. The third-order valence-corrected chi connectivity index (χ3v) is 9.55. The molecule has 0 amide bonds. The molecule has 1 heterocycles. The lowest BCUT2D eigenvalue weighted by Crippen LogP contribution is -2.20. The van der Waals surface area contributed by atoms with E-state index in [1.165, 1.54) is 33.4 Å². The van der Waals surface area contributed by atoms with Crippen LogP contribution in [0.25, 0.3) is 33.4 Å². The molecule has 2 nitrogen and oxygen atoms in total. The quantitative estimate of drug-likeness (QED) is 0.191. The van der Waals surface area contributed by atoms with E-state index in [4.69, 9.17) is 9.98 Å². The highest BCUT2D eigenvalue weighted by molar-refractivity contribution is 6.23. The third kappa shape index (κ3) is 4.66. The van der Waals surface area contributed by atoms with Crippen LogP contribution in [0.2, 0.25) is 0 Å². The standard InChI is InChI=1S/C44H34N2/c1-29-41(32-14-6-4-7-15-32)45-43(33-16-8-5-9-17-33)46-42(29)38-20-11-10-18-35(38)31-24-22-30(23-25-31)34-26-27-37-36-19-12-13-21-39(36)44(2,3)40(37)28-34/h4-28,41H,1H2,2-3H3. The van der Waals surface area contributed by atoms with Crippen molar-refractivity contribution in [3.05, 3.63) is 192 Å². The molecule has 1 aliphatic carbocycles. The predicted octanol–water partition coefficient (Wildman–Crippen LogP) is 10.9. The Kier molecular flexibility index (Phi) is 6.73. The van der Waals surface area contributed by atoms with Gasteiger partial charge in [-0.15, -0.1) is 0 Å². The molecule has 2 aliphatic rings. The summed E-state index contributed by atoms with van der Waals surface area (Å²) in [5, 5.41) is 0. The van der Waals surface area contributed by atoms with Crippen LogP contribution in [0.1, 0.15) is 47.7 Å². The molecule has 0 saturated heterocycles. The zero-order valence-corrected chi connectivity index (χ0v) is 26.1. The molecule has 1 aliphatic heterocycles. The number of nitrogens with zero attached hydrogens (tertiary/aromatic N) is 2. The summed E-state index contributed by atoms with van der Waals surface area (Å²) in [5.74, 6) is 0.726. The number of amidine groups is 1. The van der Waals surface area contributed by atoms with E-state index in [0.717, 1.165) is 44.9 Å². The van der Waals surface area contributed by atoms with Crippen molar-refractivity contribution < 1.29 is 0 Å². The molecule has 0 radical (unpaired) electrons. The van der Waals surface area contributed by atoms with Crippen molar-refractivity contribution in [3.8, 4) is 33.4 Å². The van der Waals surface area contributed by atoms with Gasteiger partial charge in [0.2, 0.25) is 0 Å². The smallest absolute Gasteiger partial charge is 0.156 e. The van der Waals surface area contributed by atoms with Crippen LogP contribution in [0.4, 0.5) is 0 Å². The predicted molar refractivity (Wildman–Crippen MR) is 193 cm³/mol. The van der Waals surface area contributed by atoms with Crippen LogP contribution in [0.5, 0.6) is 0 Å². The van der Waals surface area contributed by atoms with Gasteiger partial charge in [-0.3, -0.25) is 4.99 Å². The minimum Gasteiger partial charge on any atom is -0.253 e. The average Bonchev–Trinajstić information content (AvgIpc) is 3.35. The van der Waals surface area contributed by atoms with Crippen LogP contribution in [0, 0.1) is 0 Å². The fourth-order valence-corrected chi connectivity index (χ4v) is 7.07. The van der Waals surface area contributed by atoms with E-state index in [1.807, 2.05) is 24.3 Å². The highest BCUT2D eigenvalue weighted by atomic mass is 15.0. The molecule has 0 N–H and O–H groups in total. The second kappa shape index (κ2) is 11.1. The minimum absolute atomic E-state index is 0.0244. The Bertz CT molecular complexity index is 2170. The summed E-state index contributed by atoms with van der Waals surface area (Å²) >= 11 is 0. The Labute approximate surface area is 271 Å². The third-order valence-electron chi connectivity index (χ3n) is 9.55. The summed E-state index contributed by atoms with van der Waals surface area (Å²) in [4.78, 5) is 10.3. The SMILES string of the molecule is C=C1C(c2ccccc2-c2ccc(-c3ccc4c(c3)C(C)(C)c3ccccc3-4)cc2)=NC(c2ccccc2)=NC1c1ccccc1. The summed E-state index contributed by atoms with van der Waals surface area (Å²) in [6.45, 7) is 9.23.